The summed E-state index contributed by atoms with van der Waals surface area (Å²) in [6.45, 7) is 2.90. The van der Waals surface area contributed by atoms with Crippen LogP contribution in [0.1, 0.15) is 12.5 Å². The van der Waals surface area contributed by atoms with Gasteiger partial charge < -0.3 is 9.84 Å². The molecule has 0 bridgehead atoms. The number of nitrogens with zero attached hydrogens (tertiary/aromatic N) is 2. The van der Waals surface area contributed by atoms with Gasteiger partial charge in [-0.25, -0.2) is 0 Å². The topological polar surface area (TPSA) is 47.3 Å². The lowest BCUT2D eigenvalue weighted by atomic mass is 10.2. The summed E-state index contributed by atoms with van der Waals surface area (Å²) in [5.74, 6) is 1.46. The van der Waals surface area contributed by atoms with E-state index in [-0.39, 0.29) is 6.61 Å². The first kappa shape index (κ1) is 10.7. The number of aliphatic hydroxyl groups excluding tert-OH is 1. The molecule has 1 heterocycles. The summed E-state index contributed by atoms with van der Waals surface area (Å²) < 4.78 is 7.40. The number of hydrogen-bond donors (Lipinski definition) is 1. The largest absolute Gasteiger partial charge is 0.454 e. The van der Waals surface area contributed by atoms with Gasteiger partial charge >= 0.3 is 0 Å². The number of ether oxygens (including phenoxy) is 1. The summed E-state index contributed by atoms with van der Waals surface area (Å²) >= 11 is 0. The Hall–Kier alpha value is -1.81. The van der Waals surface area contributed by atoms with Crippen molar-refractivity contribution in [2.45, 2.75) is 20.1 Å². The van der Waals surface area contributed by atoms with E-state index in [4.69, 9.17) is 9.84 Å². The third kappa shape index (κ3) is 2.41. The van der Waals surface area contributed by atoms with Crippen molar-refractivity contribution in [2.24, 2.45) is 0 Å². The van der Waals surface area contributed by atoms with Crippen LogP contribution in [0, 0.1) is 0 Å². The summed E-state index contributed by atoms with van der Waals surface area (Å²) in [6.07, 6.45) is 3.53. The lowest BCUT2D eigenvalue weighted by Crippen LogP contribution is -1.92. The average molecular weight is 218 g/mol. The Bertz CT molecular complexity index is 448. The van der Waals surface area contributed by atoms with E-state index in [0.717, 1.165) is 23.6 Å². The van der Waals surface area contributed by atoms with Gasteiger partial charge in [-0.1, -0.05) is 12.1 Å². The maximum absolute atomic E-state index is 8.90. The van der Waals surface area contributed by atoms with E-state index in [9.17, 15) is 0 Å². The molecule has 1 aromatic heterocycles. The van der Waals surface area contributed by atoms with Crippen molar-refractivity contribution in [3.63, 3.8) is 0 Å². The normalized spacial score (nSPS) is 10.4. The minimum Gasteiger partial charge on any atom is -0.454 e. The van der Waals surface area contributed by atoms with Crippen molar-refractivity contribution in [3.05, 3.63) is 42.2 Å². The Morgan fingerprint density at radius 1 is 1.25 bits per heavy atom. The zero-order valence-electron chi connectivity index (χ0n) is 9.13. The van der Waals surface area contributed by atoms with Gasteiger partial charge in [0.05, 0.1) is 19.0 Å². The van der Waals surface area contributed by atoms with Crippen LogP contribution in [-0.4, -0.2) is 14.9 Å². The summed E-state index contributed by atoms with van der Waals surface area (Å²) in [7, 11) is 0. The molecule has 0 unspecified atom stereocenters. The molecular formula is C12H14N2O2. The van der Waals surface area contributed by atoms with Gasteiger partial charge in [0.25, 0.3) is 0 Å². The molecule has 0 atom stereocenters. The second-order valence-corrected chi connectivity index (χ2v) is 3.44. The first-order valence-electron chi connectivity index (χ1n) is 5.22. The maximum Gasteiger partial charge on any atom is 0.165 e. The molecule has 0 radical (unpaired) electrons. The second kappa shape index (κ2) is 4.81. The predicted molar refractivity (Wildman–Crippen MR) is 60.3 cm³/mol. The fourth-order valence-electron chi connectivity index (χ4n) is 1.37. The third-order valence-corrected chi connectivity index (χ3v) is 2.28. The molecule has 16 heavy (non-hydrogen) atoms. The van der Waals surface area contributed by atoms with E-state index in [2.05, 4.69) is 5.10 Å². The van der Waals surface area contributed by atoms with Gasteiger partial charge in [0.2, 0.25) is 0 Å². The summed E-state index contributed by atoms with van der Waals surface area (Å²) in [5.41, 5.74) is 0.872. The number of rotatable bonds is 4. The highest BCUT2D eigenvalue weighted by Gasteiger charge is 2.00. The SMILES string of the molecule is CCn1cc(Oc2ccc(CO)cc2)cn1. The van der Waals surface area contributed by atoms with Gasteiger partial charge in [-0.3, -0.25) is 4.68 Å². The molecule has 0 aliphatic rings. The third-order valence-electron chi connectivity index (χ3n) is 2.28. The van der Waals surface area contributed by atoms with Crippen LogP contribution >= 0.6 is 0 Å². The molecule has 4 nitrogen and oxygen atoms in total. The van der Waals surface area contributed by atoms with Gasteiger partial charge in [-0.05, 0) is 24.6 Å². The van der Waals surface area contributed by atoms with Crippen molar-refractivity contribution >= 4 is 0 Å². The Labute approximate surface area is 94.1 Å². The van der Waals surface area contributed by atoms with E-state index >= 15 is 0 Å². The molecule has 0 spiro atoms. The maximum atomic E-state index is 8.90. The Morgan fingerprint density at radius 3 is 2.56 bits per heavy atom. The minimum absolute atomic E-state index is 0.0497. The Balaban J connectivity index is 2.08. The predicted octanol–water partition coefficient (Wildman–Crippen LogP) is 2.19. The van der Waals surface area contributed by atoms with Gasteiger partial charge in [0.15, 0.2) is 5.75 Å². The summed E-state index contributed by atoms with van der Waals surface area (Å²) in [5, 5.41) is 13.0. The molecule has 2 aromatic rings. The van der Waals surface area contributed by atoms with Crippen molar-refractivity contribution in [3.8, 4) is 11.5 Å². The van der Waals surface area contributed by atoms with Gasteiger partial charge in [-0.15, -0.1) is 0 Å². The van der Waals surface area contributed by atoms with E-state index < -0.39 is 0 Å². The Kier molecular flexibility index (Phi) is 3.22. The zero-order valence-corrected chi connectivity index (χ0v) is 9.13. The summed E-state index contributed by atoms with van der Waals surface area (Å²) in [4.78, 5) is 0. The molecule has 0 saturated heterocycles. The lowest BCUT2D eigenvalue weighted by molar-refractivity contribution is 0.281. The van der Waals surface area contributed by atoms with Crippen LogP contribution in [0.5, 0.6) is 11.5 Å². The number of aromatic nitrogens is 2. The number of hydrogen-bond acceptors (Lipinski definition) is 3. The number of aryl methyl sites for hydroxylation is 1. The average Bonchev–Trinajstić information content (AvgIpc) is 2.78. The van der Waals surface area contributed by atoms with Crippen molar-refractivity contribution < 1.29 is 9.84 Å². The number of benzene rings is 1. The van der Waals surface area contributed by atoms with Crippen LogP contribution < -0.4 is 4.74 Å². The fourth-order valence-corrected chi connectivity index (χ4v) is 1.37. The van der Waals surface area contributed by atoms with Crippen LogP contribution in [0.3, 0.4) is 0 Å². The van der Waals surface area contributed by atoms with Crippen molar-refractivity contribution in [1.82, 2.24) is 9.78 Å². The highest BCUT2D eigenvalue weighted by Crippen LogP contribution is 2.20. The molecule has 0 aliphatic carbocycles. The molecular weight excluding hydrogens is 204 g/mol. The van der Waals surface area contributed by atoms with Crippen LogP contribution in [0.2, 0.25) is 0 Å². The molecule has 0 aliphatic heterocycles. The van der Waals surface area contributed by atoms with E-state index in [1.54, 1.807) is 10.9 Å². The second-order valence-electron chi connectivity index (χ2n) is 3.44. The molecule has 84 valence electrons. The fraction of sp³-hybridized carbons (Fsp3) is 0.250. The monoisotopic (exact) mass is 218 g/mol. The highest BCUT2D eigenvalue weighted by atomic mass is 16.5. The van der Waals surface area contributed by atoms with E-state index in [1.165, 1.54) is 0 Å². The van der Waals surface area contributed by atoms with E-state index in [0.29, 0.717) is 0 Å². The molecule has 0 amide bonds. The lowest BCUT2D eigenvalue weighted by Gasteiger charge is -2.03. The molecule has 1 aromatic carbocycles. The Morgan fingerprint density at radius 2 is 2.00 bits per heavy atom. The first-order chi connectivity index (χ1) is 7.81. The van der Waals surface area contributed by atoms with Crippen LogP contribution in [0.25, 0.3) is 0 Å². The summed E-state index contributed by atoms with van der Waals surface area (Å²) in [6, 6.07) is 7.32. The van der Waals surface area contributed by atoms with Gasteiger partial charge in [0.1, 0.15) is 5.75 Å². The standard InChI is InChI=1S/C12H14N2O2/c1-2-14-8-12(7-13-14)16-11-5-3-10(9-15)4-6-11/h3-8,15H,2,9H2,1H3. The van der Waals surface area contributed by atoms with Crippen molar-refractivity contribution in [2.75, 3.05) is 0 Å². The smallest absolute Gasteiger partial charge is 0.165 e. The van der Waals surface area contributed by atoms with E-state index in [1.807, 2.05) is 37.4 Å². The molecule has 1 N–H and O–H groups in total. The molecule has 0 fully saturated rings. The zero-order chi connectivity index (χ0) is 11.4. The molecule has 2 rings (SSSR count). The van der Waals surface area contributed by atoms with Crippen LogP contribution in [-0.2, 0) is 13.2 Å². The van der Waals surface area contributed by atoms with Crippen LogP contribution in [0.15, 0.2) is 36.7 Å². The van der Waals surface area contributed by atoms with Gasteiger partial charge in [0, 0.05) is 6.54 Å². The quantitative estimate of drug-likeness (QED) is 0.855. The first-order valence-corrected chi connectivity index (χ1v) is 5.22. The highest BCUT2D eigenvalue weighted by molar-refractivity contribution is 5.30. The number of aliphatic hydroxyl groups is 1. The minimum atomic E-state index is 0.0497. The van der Waals surface area contributed by atoms with Crippen molar-refractivity contribution in [1.29, 1.82) is 0 Å². The van der Waals surface area contributed by atoms with Crippen LogP contribution in [0.4, 0.5) is 0 Å². The van der Waals surface area contributed by atoms with Gasteiger partial charge in [-0.2, -0.15) is 5.10 Å². The molecule has 0 saturated carbocycles. The molecule has 4 heteroatoms.